The predicted octanol–water partition coefficient (Wildman–Crippen LogP) is 3.40. The molecule has 0 bridgehead atoms. The van der Waals surface area contributed by atoms with Crippen LogP contribution in [0.3, 0.4) is 0 Å². The average molecular weight is 278 g/mol. The van der Waals surface area contributed by atoms with Crippen molar-refractivity contribution in [3.8, 4) is 0 Å². The fourth-order valence-corrected chi connectivity index (χ4v) is 3.22. The number of nitrogens with zero attached hydrogens (tertiary/aromatic N) is 1. The summed E-state index contributed by atoms with van der Waals surface area (Å²) >= 11 is 6.77. The topological polar surface area (TPSA) is 29.3 Å². The molecule has 0 radical (unpaired) electrons. The van der Waals surface area contributed by atoms with Gasteiger partial charge in [-0.25, -0.2) is 0 Å². The molecule has 4 heteroatoms. The number of benzene rings is 1. The van der Waals surface area contributed by atoms with E-state index in [-0.39, 0.29) is 0 Å². The van der Waals surface area contributed by atoms with Crippen molar-refractivity contribution in [1.29, 1.82) is 0 Å². The van der Waals surface area contributed by atoms with Crippen LogP contribution in [-0.4, -0.2) is 23.0 Å². The van der Waals surface area contributed by atoms with E-state index in [1.165, 1.54) is 15.6 Å². The van der Waals surface area contributed by atoms with Crippen LogP contribution in [0.2, 0.25) is 0 Å². The molecular formula is C14H18N2S2. The van der Waals surface area contributed by atoms with Gasteiger partial charge in [0.2, 0.25) is 0 Å². The molecule has 1 aromatic heterocycles. The standard InChI is InChI=1S/C14H18N2S2/c1-10(7-14(15)17)16(2)8-11-9-18-13-6-4-3-5-12(11)13/h3-6,9-10H,7-8H2,1-2H3,(H2,15,17). The Morgan fingerprint density at radius 3 is 2.89 bits per heavy atom. The van der Waals surface area contributed by atoms with Crippen molar-refractivity contribution >= 4 is 38.6 Å². The highest BCUT2D eigenvalue weighted by molar-refractivity contribution is 7.80. The number of fused-ring (bicyclic) bond motifs is 1. The summed E-state index contributed by atoms with van der Waals surface area (Å²) in [6.07, 6.45) is 0.772. The molecule has 2 N–H and O–H groups in total. The third-order valence-electron chi connectivity index (χ3n) is 3.23. The second-order valence-corrected chi connectivity index (χ2v) is 6.13. The van der Waals surface area contributed by atoms with Crippen molar-refractivity contribution < 1.29 is 0 Å². The van der Waals surface area contributed by atoms with E-state index >= 15 is 0 Å². The molecule has 2 nitrogen and oxygen atoms in total. The minimum absolute atomic E-state index is 0.376. The summed E-state index contributed by atoms with van der Waals surface area (Å²) in [6.45, 7) is 3.10. The van der Waals surface area contributed by atoms with Gasteiger partial charge in [0.25, 0.3) is 0 Å². The van der Waals surface area contributed by atoms with Gasteiger partial charge in [-0.15, -0.1) is 11.3 Å². The Labute approximate surface area is 117 Å². The zero-order valence-electron chi connectivity index (χ0n) is 10.7. The van der Waals surface area contributed by atoms with E-state index in [4.69, 9.17) is 18.0 Å². The number of rotatable bonds is 5. The van der Waals surface area contributed by atoms with Crippen LogP contribution < -0.4 is 5.73 Å². The number of thiophene rings is 1. The van der Waals surface area contributed by atoms with E-state index in [2.05, 4.69) is 48.5 Å². The summed E-state index contributed by atoms with van der Waals surface area (Å²) in [7, 11) is 2.12. The van der Waals surface area contributed by atoms with Crippen molar-refractivity contribution in [2.75, 3.05) is 7.05 Å². The molecule has 2 aromatic rings. The van der Waals surface area contributed by atoms with Crippen molar-refractivity contribution in [1.82, 2.24) is 4.90 Å². The number of hydrogen-bond acceptors (Lipinski definition) is 3. The molecule has 0 spiro atoms. The van der Waals surface area contributed by atoms with Gasteiger partial charge in [0.15, 0.2) is 0 Å². The molecule has 96 valence electrons. The summed E-state index contributed by atoms with van der Waals surface area (Å²) in [5.74, 6) is 0. The highest BCUT2D eigenvalue weighted by atomic mass is 32.1. The fraction of sp³-hybridized carbons (Fsp3) is 0.357. The molecule has 0 saturated heterocycles. The SMILES string of the molecule is CC(CC(N)=S)N(C)Cc1csc2ccccc12. The maximum atomic E-state index is 5.60. The minimum Gasteiger partial charge on any atom is -0.393 e. The van der Waals surface area contributed by atoms with Gasteiger partial charge in [-0.05, 0) is 36.4 Å². The molecule has 1 atom stereocenters. The zero-order valence-corrected chi connectivity index (χ0v) is 12.4. The van der Waals surface area contributed by atoms with Gasteiger partial charge in [-0.1, -0.05) is 30.4 Å². The number of nitrogens with two attached hydrogens (primary N) is 1. The van der Waals surface area contributed by atoms with Crippen LogP contribution in [0, 0.1) is 0 Å². The lowest BCUT2D eigenvalue weighted by atomic mass is 10.1. The Hall–Kier alpha value is -0.970. The Morgan fingerprint density at radius 2 is 2.17 bits per heavy atom. The summed E-state index contributed by atoms with van der Waals surface area (Å²) in [5, 5.41) is 3.60. The van der Waals surface area contributed by atoms with Crippen LogP contribution in [0.25, 0.3) is 10.1 Å². The van der Waals surface area contributed by atoms with Crippen LogP contribution in [0.5, 0.6) is 0 Å². The molecule has 0 aliphatic rings. The van der Waals surface area contributed by atoms with E-state index in [0.29, 0.717) is 11.0 Å². The van der Waals surface area contributed by atoms with Crippen LogP contribution in [-0.2, 0) is 6.54 Å². The lowest BCUT2D eigenvalue weighted by Gasteiger charge is -2.24. The molecule has 2 rings (SSSR count). The molecule has 18 heavy (non-hydrogen) atoms. The molecule has 0 saturated carbocycles. The second kappa shape index (κ2) is 5.78. The lowest BCUT2D eigenvalue weighted by molar-refractivity contribution is 0.256. The van der Waals surface area contributed by atoms with Gasteiger partial charge in [0.05, 0.1) is 4.99 Å². The highest BCUT2D eigenvalue weighted by Crippen LogP contribution is 2.26. The first-order valence-corrected chi connectivity index (χ1v) is 7.30. The van der Waals surface area contributed by atoms with Crippen LogP contribution >= 0.6 is 23.6 Å². The van der Waals surface area contributed by atoms with Gasteiger partial charge < -0.3 is 5.73 Å². The maximum Gasteiger partial charge on any atom is 0.0742 e. The normalized spacial score (nSPS) is 13.1. The Kier molecular flexibility index (Phi) is 4.32. The first-order valence-electron chi connectivity index (χ1n) is 6.01. The molecular weight excluding hydrogens is 260 g/mol. The monoisotopic (exact) mass is 278 g/mol. The van der Waals surface area contributed by atoms with E-state index in [1.807, 2.05) is 0 Å². The Balaban J connectivity index is 2.11. The summed E-state index contributed by atoms with van der Waals surface area (Å²) in [5.41, 5.74) is 6.98. The first kappa shape index (κ1) is 13.5. The van der Waals surface area contributed by atoms with E-state index in [0.717, 1.165) is 13.0 Å². The third-order valence-corrected chi connectivity index (χ3v) is 4.41. The number of thiocarbonyl (C=S) groups is 1. The summed E-state index contributed by atoms with van der Waals surface area (Å²) in [6, 6.07) is 8.91. The van der Waals surface area contributed by atoms with Gasteiger partial charge in [0, 0.05) is 23.7 Å². The van der Waals surface area contributed by atoms with Gasteiger partial charge in [-0.3, -0.25) is 4.90 Å². The lowest BCUT2D eigenvalue weighted by Crippen LogP contribution is -2.32. The van der Waals surface area contributed by atoms with Gasteiger partial charge in [0.1, 0.15) is 0 Å². The van der Waals surface area contributed by atoms with Crippen molar-refractivity contribution in [3.63, 3.8) is 0 Å². The third kappa shape index (κ3) is 3.07. The van der Waals surface area contributed by atoms with Crippen LogP contribution in [0.4, 0.5) is 0 Å². The highest BCUT2D eigenvalue weighted by Gasteiger charge is 2.12. The molecule has 1 aromatic carbocycles. The quantitative estimate of drug-likeness (QED) is 0.850. The smallest absolute Gasteiger partial charge is 0.0742 e. The fourth-order valence-electron chi connectivity index (χ4n) is 2.03. The average Bonchev–Trinajstić information content (AvgIpc) is 2.72. The van der Waals surface area contributed by atoms with Gasteiger partial charge in [-0.2, -0.15) is 0 Å². The van der Waals surface area contributed by atoms with E-state index in [9.17, 15) is 0 Å². The summed E-state index contributed by atoms with van der Waals surface area (Å²) < 4.78 is 1.35. The summed E-state index contributed by atoms with van der Waals surface area (Å²) in [4.78, 5) is 2.89. The van der Waals surface area contributed by atoms with Crippen molar-refractivity contribution in [2.45, 2.75) is 25.9 Å². The zero-order chi connectivity index (χ0) is 13.1. The second-order valence-electron chi connectivity index (χ2n) is 4.69. The van der Waals surface area contributed by atoms with Gasteiger partial charge >= 0.3 is 0 Å². The van der Waals surface area contributed by atoms with Crippen LogP contribution in [0.1, 0.15) is 18.9 Å². The molecule has 0 aliphatic heterocycles. The molecule has 1 unspecified atom stereocenters. The maximum absolute atomic E-state index is 5.60. The van der Waals surface area contributed by atoms with E-state index < -0.39 is 0 Å². The Morgan fingerprint density at radius 1 is 1.44 bits per heavy atom. The molecule has 0 amide bonds. The minimum atomic E-state index is 0.376. The number of hydrogen-bond donors (Lipinski definition) is 1. The predicted molar refractivity (Wildman–Crippen MR) is 84.2 cm³/mol. The molecule has 0 fully saturated rings. The van der Waals surface area contributed by atoms with E-state index in [1.54, 1.807) is 11.3 Å². The largest absolute Gasteiger partial charge is 0.393 e. The molecule has 1 heterocycles. The van der Waals surface area contributed by atoms with Crippen molar-refractivity contribution in [2.24, 2.45) is 5.73 Å². The Bertz CT molecular complexity index is 547. The first-order chi connectivity index (χ1) is 8.58. The molecule has 0 aliphatic carbocycles. The van der Waals surface area contributed by atoms with Crippen molar-refractivity contribution in [3.05, 3.63) is 35.2 Å². The van der Waals surface area contributed by atoms with Crippen LogP contribution in [0.15, 0.2) is 29.6 Å².